The lowest BCUT2D eigenvalue weighted by atomic mass is 9.76. The third-order valence-electron chi connectivity index (χ3n) is 4.27. The Morgan fingerprint density at radius 1 is 1.22 bits per heavy atom. The molecular weight excluding hydrogens is 288 g/mol. The Morgan fingerprint density at radius 3 is 2.61 bits per heavy atom. The van der Waals surface area contributed by atoms with Crippen molar-refractivity contribution in [1.29, 1.82) is 0 Å². The van der Waals surface area contributed by atoms with Crippen molar-refractivity contribution in [3.63, 3.8) is 0 Å². The quantitative estimate of drug-likeness (QED) is 0.739. The maximum atomic E-state index is 5.55. The van der Waals surface area contributed by atoms with Crippen LogP contribution in [0, 0.1) is 5.92 Å². The van der Waals surface area contributed by atoms with Crippen molar-refractivity contribution >= 4 is 21.5 Å². The molecule has 0 radical (unpaired) electrons. The number of rotatable bonds is 1. The highest BCUT2D eigenvalue weighted by molar-refractivity contribution is 9.10. The smallest absolute Gasteiger partial charge is 0.0477 e. The van der Waals surface area contributed by atoms with E-state index in [2.05, 4.69) is 54.1 Å². The van der Waals surface area contributed by atoms with E-state index in [4.69, 9.17) is 4.74 Å². The van der Waals surface area contributed by atoms with Gasteiger partial charge in [0.1, 0.15) is 0 Å². The summed E-state index contributed by atoms with van der Waals surface area (Å²) < 4.78 is 6.73. The highest BCUT2D eigenvalue weighted by atomic mass is 79.9. The molecule has 2 aliphatic rings. The fourth-order valence-electron chi connectivity index (χ4n) is 3.27. The van der Waals surface area contributed by atoms with Crippen molar-refractivity contribution in [2.24, 2.45) is 5.92 Å². The topological polar surface area (TPSA) is 9.23 Å². The molecule has 96 valence electrons. The molecule has 0 saturated carbocycles. The van der Waals surface area contributed by atoms with Gasteiger partial charge in [-0.1, -0.05) is 41.9 Å². The minimum absolute atomic E-state index is 0.244. The predicted molar refractivity (Wildman–Crippen MR) is 78.7 cm³/mol. The summed E-state index contributed by atoms with van der Waals surface area (Å²) >= 11 is 3.60. The zero-order valence-corrected chi connectivity index (χ0v) is 12.6. The number of fused-ring (bicyclic) bond motifs is 2. The summed E-state index contributed by atoms with van der Waals surface area (Å²) in [5.41, 5.74) is 4.71. The first kappa shape index (κ1) is 12.4. The first-order chi connectivity index (χ1) is 8.62. The first-order valence-corrected chi connectivity index (χ1v) is 7.53. The van der Waals surface area contributed by atoms with Gasteiger partial charge in [-0.25, -0.2) is 0 Å². The fourth-order valence-corrected chi connectivity index (χ4v) is 3.63. The van der Waals surface area contributed by atoms with Crippen LogP contribution in [-0.4, -0.2) is 13.2 Å². The monoisotopic (exact) mass is 306 g/mol. The summed E-state index contributed by atoms with van der Waals surface area (Å²) in [6.45, 7) is 6.35. The zero-order chi connectivity index (χ0) is 12.8. The third kappa shape index (κ3) is 1.86. The van der Waals surface area contributed by atoms with Crippen LogP contribution in [0.3, 0.4) is 0 Å². The van der Waals surface area contributed by atoms with Crippen molar-refractivity contribution in [3.05, 3.63) is 39.9 Å². The van der Waals surface area contributed by atoms with Crippen LogP contribution < -0.4 is 0 Å². The predicted octanol–water partition coefficient (Wildman–Crippen LogP) is 4.55. The fraction of sp³-hybridized carbons (Fsp3) is 0.500. The van der Waals surface area contributed by atoms with E-state index < -0.39 is 0 Å². The number of hydrogen-bond acceptors (Lipinski definition) is 1. The van der Waals surface area contributed by atoms with Gasteiger partial charge < -0.3 is 4.74 Å². The van der Waals surface area contributed by atoms with Gasteiger partial charge in [0.15, 0.2) is 0 Å². The van der Waals surface area contributed by atoms with Crippen molar-refractivity contribution in [1.82, 2.24) is 0 Å². The van der Waals surface area contributed by atoms with E-state index in [1.807, 2.05) is 0 Å². The molecule has 0 N–H and O–H groups in total. The molecule has 1 aliphatic carbocycles. The van der Waals surface area contributed by atoms with E-state index in [0.717, 1.165) is 26.1 Å². The van der Waals surface area contributed by atoms with Gasteiger partial charge in [0.05, 0.1) is 0 Å². The second-order valence-electron chi connectivity index (χ2n) is 5.71. The molecule has 0 aromatic heterocycles. The van der Waals surface area contributed by atoms with Crippen LogP contribution in [0.15, 0.2) is 28.7 Å². The molecule has 1 aromatic rings. The minimum atomic E-state index is 0.244. The number of hydrogen-bond donors (Lipinski definition) is 0. The molecule has 18 heavy (non-hydrogen) atoms. The minimum Gasteiger partial charge on any atom is -0.381 e. The molecule has 0 unspecified atom stereocenters. The highest BCUT2D eigenvalue weighted by Gasteiger charge is 2.39. The second kappa shape index (κ2) is 4.50. The Hall–Kier alpha value is -0.600. The average molecular weight is 307 g/mol. The summed E-state index contributed by atoms with van der Waals surface area (Å²) in [5.74, 6) is 0.584. The van der Waals surface area contributed by atoms with Crippen LogP contribution in [0.2, 0.25) is 0 Å². The van der Waals surface area contributed by atoms with Crippen molar-refractivity contribution < 1.29 is 4.74 Å². The van der Waals surface area contributed by atoms with Crippen molar-refractivity contribution in [3.8, 4) is 0 Å². The van der Waals surface area contributed by atoms with Crippen molar-refractivity contribution in [2.45, 2.75) is 32.1 Å². The van der Waals surface area contributed by atoms with E-state index in [1.54, 1.807) is 0 Å². The van der Waals surface area contributed by atoms with E-state index in [-0.39, 0.29) is 5.41 Å². The molecule has 1 fully saturated rings. The number of allylic oxidation sites excluding steroid dienone is 2. The summed E-state index contributed by atoms with van der Waals surface area (Å²) in [4.78, 5) is 0. The van der Waals surface area contributed by atoms with Crippen LogP contribution in [0.5, 0.6) is 0 Å². The maximum Gasteiger partial charge on any atom is 0.0477 e. The van der Waals surface area contributed by atoms with E-state index in [0.29, 0.717) is 5.92 Å². The molecule has 1 aromatic carbocycles. The Balaban J connectivity index is 2.14. The largest absolute Gasteiger partial charge is 0.381 e. The molecule has 1 nitrogen and oxygen atoms in total. The summed E-state index contributed by atoms with van der Waals surface area (Å²) in [7, 11) is 0. The SMILES string of the molecule is CC(C)C1=CC2(CCOCC2)c2ccc(Br)cc21. The molecule has 2 heteroatoms. The van der Waals surface area contributed by atoms with Gasteiger partial charge in [0, 0.05) is 23.1 Å². The Kier molecular flexibility index (Phi) is 3.11. The van der Waals surface area contributed by atoms with Crippen molar-refractivity contribution in [2.75, 3.05) is 13.2 Å². The summed E-state index contributed by atoms with van der Waals surface area (Å²) in [6, 6.07) is 6.76. The van der Waals surface area contributed by atoms with Crippen LogP contribution in [0.25, 0.3) is 5.57 Å². The molecule has 1 aliphatic heterocycles. The second-order valence-corrected chi connectivity index (χ2v) is 6.63. The van der Waals surface area contributed by atoms with Gasteiger partial charge >= 0.3 is 0 Å². The lowest BCUT2D eigenvalue weighted by molar-refractivity contribution is 0.0662. The Morgan fingerprint density at radius 2 is 1.94 bits per heavy atom. The molecule has 1 heterocycles. The van der Waals surface area contributed by atoms with E-state index >= 15 is 0 Å². The number of halogens is 1. The Bertz CT molecular complexity index is 496. The van der Waals surface area contributed by atoms with Crippen LogP contribution in [0.4, 0.5) is 0 Å². The number of ether oxygens (including phenoxy) is 1. The molecule has 3 rings (SSSR count). The highest BCUT2D eigenvalue weighted by Crippen LogP contribution is 2.49. The van der Waals surface area contributed by atoms with E-state index in [1.165, 1.54) is 21.2 Å². The summed E-state index contributed by atoms with van der Waals surface area (Å²) in [5, 5.41) is 0. The summed E-state index contributed by atoms with van der Waals surface area (Å²) in [6.07, 6.45) is 4.77. The van der Waals surface area contributed by atoms with Gasteiger partial charge in [-0.3, -0.25) is 0 Å². The first-order valence-electron chi connectivity index (χ1n) is 6.73. The van der Waals surface area contributed by atoms with Crippen LogP contribution in [0.1, 0.15) is 37.8 Å². The van der Waals surface area contributed by atoms with Crippen LogP contribution in [-0.2, 0) is 10.2 Å². The Labute approximate surface area is 117 Å². The normalized spacial score (nSPS) is 21.2. The average Bonchev–Trinajstić information content (AvgIpc) is 2.65. The lowest BCUT2D eigenvalue weighted by Crippen LogP contribution is -2.30. The van der Waals surface area contributed by atoms with E-state index in [9.17, 15) is 0 Å². The molecule has 1 saturated heterocycles. The number of benzene rings is 1. The molecule has 0 amide bonds. The van der Waals surface area contributed by atoms with Gasteiger partial charge in [-0.15, -0.1) is 0 Å². The molecular formula is C16H19BrO. The van der Waals surface area contributed by atoms with Gasteiger partial charge in [0.25, 0.3) is 0 Å². The molecule has 0 atom stereocenters. The third-order valence-corrected chi connectivity index (χ3v) is 4.76. The lowest BCUT2D eigenvalue weighted by Gasteiger charge is -2.33. The van der Waals surface area contributed by atoms with Crippen LogP contribution >= 0.6 is 15.9 Å². The van der Waals surface area contributed by atoms with Gasteiger partial charge in [-0.05, 0) is 47.6 Å². The standard InChI is InChI=1S/C16H19BrO/c1-11(2)14-10-16(5-7-18-8-6-16)15-4-3-12(17)9-13(14)15/h3-4,9-11H,5-8H2,1-2H3. The zero-order valence-electron chi connectivity index (χ0n) is 11.0. The molecule has 1 spiro atoms. The maximum absolute atomic E-state index is 5.55. The van der Waals surface area contributed by atoms with Gasteiger partial charge in [-0.2, -0.15) is 0 Å². The molecule has 0 bridgehead atoms. The van der Waals surface area contributed by atoms with Gasteiger partial charge in [0.2, 0.25) is 0 Å².